The third kappa shape index (κ3) is 3.00. The van der Waals surface area contributed by atoms with Gasteiger partial charge in [-0.15, -0.1) is 0 Å². The molecule has 3 nitrogen and oxygen atoms in total. The number of hydrogen-bond acceptors (Lipinski definition) is 3. The van der Waals surface area contributed by atoms with Gasteiger partial charge in [0, 0.05) is 45.8 Å². The Balaban J connectivity index is 1.84. The zero-order valence-electron chi connectivity index (χ0n) is 11.4. The van der Waals surface area contributed by atoms with Crippen LogP contribution in [0.3, 0.4) is 0 Å². The van der Waals surface area contributed by atoms with Gasteiger partial charge in [0.05, 0.1) is 12.0 Å². The summed E-state index contributed by atoms with van der Waals surface area (Å²) < 4.78 is 32.6. The zero-order valence-corrected chi connectivity index (χ0v) is 11.4. The molecule has 106 valence electrons. The van der Waals surface area contributed by atoms with Crippen LogP contribution in [0.25, 0.3) is 0 Å². The second-order valence-corrected chi connectivity index (χ2v) is 5.79. The van der Waals surface area contributed by atoms with Crippen molar-refractivity contribution in [1.82, 2.24) is 9.80 Å². The molecule has 0 radical (unpaired) electrons. The summed E-state index contributed by atoms with van der Waals surface area (Å²) in [5.74, 6) is -2.52. The minimum Gasteiger partial charge on any atom is -0.381 e. The Morgan fingerprint density at radius 3 is 2.28 bits per heavy atom. The molecule has 1 aliphatic heterocycles. The molecule has 2 rings (SSSR count). The van der Waals surface area contributed by atoms with Gasteiger partial charge < -0.3 is 9.64 Å². The van der Waals surface area contributed by atoms with Crippen molar-refractivity contribution in [1.29, 1.82) is 0 Å². The van der Waals surface area contributed by atoms with Crippen molar-refractivity contribution in [2.75, 3.05) is 53.0 Å². The Bertz CT molecular complexity index is 280. The number of hydrogen-bond donors (Lipinski definition) is 0. The number of alkyl halides is 2. The Morgan fingerprint density at radius 1 is 1.17 bits per heavy atom. The topological polar surface area (TPSA) is 15.7 Å². The van der Waals surface area contributed by atoms with E-state index in [9.17, 15) is 8.78 Å². The maximum atomic E-state index is 13.6. The minimum atomic E-state index is -2.52. The standard InChI is InChI=1S/C13H24F2N2O/c1-3-8-18-11-12(9-13(12,14)15)10-17-6-4-16(2)5-7-17/h3-11H2,1-2H3. The van der Waals surface area contributed by atoms with Gasteiger partial charge in [-0.25, -0.2) is 8.78 Å². The number of nitrogens with zero attached hydrogens (tertiary/aromatic N) is 2. The molecule has 0 aromatic carbocycles. The highest BCUT2D eigenvalue weighted by molar-refractivity contribution is 5.11. The average Bonchev–Trinajstić information content (AvgIpc) is 2.84. The molecule has 1 aliphatic carbocycles. The molecular weight excluding hydrogens is 238 g/mol. The van der Waals surface area contributed by atoms with Crippen molar-refractivity contribution >= 4 is 0 Å². The predicted molar refractivity (Wildman–Crippen MR) is 67.0 cm³/mol. The highest BCUT2D eigenvalue weighted by Gasteiger charge is 2.71. The molecule has 2 fully saturated rings. The fraction of sp³-hybridized carbons (Fsp3) is 1.00. The van der Waals surface area contributed by atoms with Gasteiger partial charge in [-0.1, -0.05) is 6.92 Å². The van der Waals surface area contributed by atoms with Gasteiger partial charge in [0.15, 0.2) is 0 Å². The summed E-state index contributed by atoms with van der Waals surface area (Å²) in [6, 6.07) is 0. The molecule has 1 unspecified atom stereocenters. The van der Waals surface area contributed by atoms with E-state index in [1.165, 1.54) is 0 Å². The van der Waals surface area contributed by atoms with Crippen LogP contribution in [0.5, 0.6) is 0 Å². The first kappa shape index (κ1) is 14.2. The molecule has 5 heteroatoms. The Hall–Kier alpha value is -0.260. The van der Waals surface area contributed by atoms with Crippen LogP contribution >= 0.6 is 0 Å². The Labute approximate surface area is 108 Å². The van der Waals surface area contributed by atoms with E-state index in [0.29, 0.717) is 13.2 Å². The summed E-state index contributed by atoms with van der Waals surface area (Å²) in [7, 11) is 2.07. The van der Waals surface area contributed by atoms with Gasteiger partial charge in [0.25, 0.3) is 5.92 Å². The van der Waals surface area contributed by atoms with Crippen molar-refractivity contribution in [3.05, 3.63) is 0 Å². The maximum Gasteiger partial charge on any atom is 0.258 e. The number of likely N-dealkylation sites (N-methyl/N-ethyl adjacent to an activating group) is 1. The lowest BCUT2D eigenvalue weighted by molar-refractivity contribution is -0.0125. The SMILES string of the molecule is CCCOCC1(CN2CCN(C)CC2)CC1(F)F. The smallest absolute Gasteiger partial charge is 0.258 e. The van der Waals surface area contributed by atoms with E-state index in [1.54, 1.807) is 0 Å². The number of halogens is 2. The summed E-state index contributed by atoms with van der Waals surface area (Å²) in [4.78, 5) is 4.40. The van der Waals surface area contributed by atoms with Gasteiger partial charge in [0.1, 0.15) is 0 Å². The fourth-order valence-corrected chi connectivity index (χ4v) is 2.60. The van der Waals surface area contributed by atoms with Gasteiger partial charge in [0.2, 0.25) is 0 Å². The molecule has 0 spiro atoms. The lowest BCUT2D eigenvalue weighted by atomic mass is 10.1. The summed E-state index contributed by atoms with van der Waals surface area (Å²) in [5.41, 5.74) is -0.905. The lowest BCUT2D eigenvalue weighted by Crippen LogP contribution is -2.47. The van der Waals surface area contributed by atoms with E-state index in [0.717, 1.165) is 32.6 Å². The van der Waals surface area contributed by atoms with Crippen LogP contribution in [0.15, 0.2) is 0 Å². The van der Waals surface area contributed by atoms with Crippen LogP contribution in [-0.2, 0) is 4.74 Å². The molecule has 1 saturated heterocycles. The summed E-state index contributed by atoms with van der Waals surface area (Å²) in [5, 5.41) is 0. The van der Waals surface area contributed by atoms with Crippen LogP contribution in [0.1, 0.15) is 19.8 Å². The Kier molecular flexibility index (Phi) is 4.24. The largest absolute Gasteiger partial charge is 0.381 e. The van der Waals surface area contributed by atoms with E-state index < -0.39 is 11.3 Å². The van der Waals surface area contributed by atoms with E-state index in [-0.39, 0.29) is 13.0 Å². The van der Waals surface area contributed by atoms with E-state index in [2.05, 4.69) is 16.8 Å². The van der Waals surface area contributed by atoms with Crippen molar-refractivity contribution in [3.8, 4) is 0 Å². The first-order valence-corrected chi connectivity index (χ1v) is 6.85. The average molecular weight is 262 g/mol. The normalized spacial score (nSPS) is 32.7. The monoisotopic (exact) mass is 262 g/mol. The van der Waals surface area contributed by atoms with Gasteiger partial charge >= 0.3 is 0 Å². The molecule has 0 bridgehead atoms. The zero-order chi connectivity index (χ0) is 13.2. The first-order valence-electron chi connectivity index (χ1n) is 6.85. The van der Waals surface area contributed by atoms with Crippen LogP contribution in [0.4, 0.5) is 8.78 Å². The van der Waals surface area contributed by atoms with Crippen LogP contribution in [0, 0.1) is 5.41 Å². The summed E-state index contributed by atoms with van der Waals surface area (Å²) >= 11 is 0. The Morgan fingerprint density at radius 2 is 1.78 bits per heavy atom. The van der Waals surface area contributed by atoms with Gasteiger partial charge in [-0.3, -0.25) is 4.90 Å². The highest BCUT2D eigenvalue weighted by atomic mass is 19.3. The van der Waals surface area contributed by atoms with E-state index in [1.807, 2.05) is 6.92 Å². The predicted octanol–water partition coefficient (Wildman–Crippen LogP) is 1.69. The van der Waals surface area contributed by atoms with Crippen LogP contribution in [0.2, 0.25) is 0 Å². The number of ether oxygens (including phenoxy) is 1. The fourth-order valence-electron chi connectivity index (χ4n) is 2.60. The second-order valence-electron chi connectivity index (χ2n) is 5.79. The van der Waals surface area contributed by atoms with Crippen molar-refractivity contribution in [2.45, 2.75) is 25.7 Å². The first-order chi connectivity index (χ1) is 8.49. The molecule has 18 heavy (non-hydrogen) atoms. The third-order valence-corrected chi connectivity index (χ3v) is 4.06. The second kappa shape index (κ2) is 5.39. The van der Waals surface area contributed by atoms with Crippen molar-refractivity contribution in [2.24, 2.45) is 5.41 Å². The molecular formula is C13H24F2N2O. The quantitative estimate of drug-likeness (QED) is 0.677. The lowest BCUT2D eigenvalue weighted by Gasteiger charge is -2.34. The number of rotatable bonds is 6. The van der Waals surface area contributed by atoms with E-state index in [4.69, 9.17) is 4.74 Å². The van der Waals surface area contributed by atoms with Crippen LogP contribution < -0.4 is 0 Å². The molecule has 1 atom stereocenters. The molecule has 0 amide bonds. The maximum absolute atomic E-state index is 13.6. The molecule has 0 aromatic heterocycles. The summed E-state index contributed by atoms with van der Waals surface area (Å²) in [6.07, 6.45) is 0.881. The molecule has 0 N–H and O–H groups in total. The third-order valence-electron chi connectivity index (χ3n) is 4.06. The summed E-state index contributed by atoms with van der Waals surface area (Å²) in [6.45, 7) is 7.00. The number of piperazine rings is 1. The molecule has 2 aliphatic rings. The molecule has 1 saturated carbocycles. The van der Waals surface area contributed by atoms with Gasteiger partial charge in [-0.2, -0.15) is 0 Å². The highest BCUT2D eigenvalue weighted by Crippen LogP contribution is 2.61. The van der Waals surface area contributed by atoms with Gasteiger partial charge in [-0.05, 0) is 13.5 Å². The van der Waals surface area contributed by atoms with Crippen molar-refractivity contribution < 1.29 is 13.5 Å². The molecule has 0 aromatic rings. The molecule has 1 heterocycles. The van der Waals surface area contributed by atoms with Crippen molar-refractivity contribution in [3.63, 3.8) is 0 Å². The van der Waals surface area contributed by atoms with E-state index >= 15 is 0 Å². The minimum absolute atomic E-state index is 0.00392. The van der Waals surface area contributed by atoms with Crippen LogP contribution in [-0.4, -0.2) is 68.7 Å².